The molecule has 1 heterocycles. The molecule has 0 unspecified atom stereocenters. The first-order valence-electron chi connectivity index (χ1n) is 8.69. The first-order chi connectivity index (χ1) is 13.3. The van der Waals surface area contributed by atoms with E-state index in [1.807, 2.05) is 19.9 Å². The van der Waals surface area contributed by atoms with Crippen molar-refractivity contribution in [3.05, 3.63) is 45.1 Å². The lowest BCUT2D eigenvalue weighted by molar-refractivity contribution is 0.134. The summed E-state index contributed by atoms with van der Waals surface area (Å²) in [6, 6.07) is 5.32. The summed E-state index contributed by atoms with van der Waals surface area (Å²) in [6.45, 7) is 4.64. The largest absolute Gasteiger partial charge is 0.445 e. The maximum absolute atomic E-state index is 11.6. The molecule has 0 spiro atoms. The van der Waals surface area contributed by atoms with Crippen LogP contribution >= 0.6 is 23.2 Å². The number of carbonyl (C=O) groups is 2. The number of nitrogens with one attached hydrogen (secondary N) is 2. The standard InChI is InChI=1S/C19H23Cl2N3O4/c1-5-24-11(2)13(9-27-18(25)22-3)14(10-28-19(26)23-4)17(24)12-6-7-15(20)16(21)8-12/h6-8H,5,9-10H2,1-4H3,(H,22,25)(H,23,26). The molecule has 0 radical (unpaired) electrons. The monoisotopic (exact) mass is 427 g/mol. The minimum absolute atomic E-state index is 0.00945. The van der Waals surface area contributed by atoms with E-state index < -0.39 is 12.2 Å². The molecule has 0 aliphatic heterocycles. The number of amides is 2. The van der Waals surface area contributed by atoms with E-state index in [9.17, 15) is 9.59 Å². The minimum atomic E-state index is -0.555. The number of benzene rings is 1. The fourth-order valence-electron chi connectivity index (χ4n) is 2.99. The summed E-state index contributed by atoms with van der Waals surface area (Å²) < 4.78 is 12.6. The van der Waals surface area contributed by atoms with Crippen molar-refractivity contribution in [2.75, 3.05) is 14.1 Å². The summed E-state index contributed by atoms with van der Waals surface area (Å²) in [6.07, 6.45) is -1.10. The number of hydrogen-bond donors (Lipinski definition) is 2. The predicted octanol–water partition coefficient (Wildman–Crippen LogP) is 4.50. The van der Waals surface area contributed by atoms with Gasteiger partial charge in [-0.25, -0.2) is 9.59 Å². The third kappa shape index (κ3) is 4.72. The first kappa shape index (κ1) is 21.9. The van der Waals surface area contributed by atoms with E-state index in [2.05, 4.69) is 15.2 Å². The minimum Gasteiger partial charge on any atom is -0.445 e. The van der Waals surface area contributed by atoms with Crippen LogP contribution in [0, 0.1) is 6.92 Å². The number of halogens is 2. The van der Waals surface area contributed by atoms with Gasteiger partial charge in [-0.2, -0.15) is 0 Å². The van der Waals surface area contributed by atoms with Crippen LogP contribution in [0.1, 0.15) is 23.7 Å². The number of rotatable bonds is 6. The highest BCUT2D eigenvalue weighted by atomic mass is 35.5. The Kier molecular flexibility index (Phi) is 7.60. The van der Waals surface area contributed by atoms with Gasteiger partial charge >= 0.3 is 12.2 Å². The van der Waals surface area contributed by atoms with E-state index in [1.54, 1.807) is 12.1 Å². The molecule has 0 bridgehead atoms. The van der Waals surface area contributed by atoms with Crippen molar-refractivity contribution in [3.8, 4) is 11.3 Å². The highest BCUT2D eigenvalue weighted by Crippen LogP contribution is 2.36. The molecule has 1 aromatic carbocycles. The molecule has 1 aromatic heterocycles. The predicted molar refractivity (Wildman–Crippen MR) is 109 cm³/mol. The molecule has 0 saturated heterocycles. The number of alkyl carbamates (subject to hydrolysis) is 2. The van der Waals surface area contributed by atoms with Crippen molar-refractivity contribution >= 4 is 35.4 Å². The summed E-state index contributed by atoms with van der Waals surface area (Å²) in [5.74, 6) is 0. The molecular weight excluding hydrogens is 405 g/mol. The highest BCUT2D eigenvalue weighted by Gasteiger charge is 2.23. The number of nitrogens with zero attached hydrogens (tertiary/aromatic N) is 1. The van der Waals surface area contributed by atoms with Gasteiger partial charge in [0.25, 0.3) is 0 Å². The summed E-state index contributed by atoms with van der Waals surface area (Å²) >= 11 is 12.3. The Morgan fingerprint density at radius 1 is 1.00 bits per heavy atom. The maximum Gasteiger partial charge on any atom is 0.407 e. The lowest BCUT2D eigenvalue weighted by Crippen LogP contribution is -2.20. The van der Waals surface area contributed by atoms with Crippen molar-refractivity contribution in [1.82, 2.24) is 15.2 Å². The second-order valence-corrected chi connectivity index (χ2v) is 6.73. The second kappa shape index (κ2) is 9.71. The quantitative estimate of drug-likeness (QED) is 0.710. The van der Waals surface area contributed by atoms with Gasteiger partial charge in [-0.3, -0.25) is 0 Å². The third-order valence-electron chi connectivity index (χ3n) is 4.37. The Morgan fingerprint density at radius 2 is 1.57 bits per heavy atom. The van der Waals surface area contributed by atoms with Crippen LogP contribution in [-0.2, 0) is 29.2 Å². The van der Waals surface area contributed by atoms with Crippen molar-refractivity contribution in [3.63, 3.8) is 0 Å². The average Bonchev–Trinajstić information content (AvgIpc) is 2.96. The normalized spacial score (nSPS) is 10.5. The second-order valence-electron chi connectivity index (χ2n) is 5.92. The smallest absolute Gasteiger partial charge is 0.407 e. The molecule has 0 fully saturated rings. The van der Waals surface area contributed by atoms with Crippen LogP contribution < -0.4 is 10.6 Å². The fourth-order valence-corrected chi connectivity index (χ4v) is 3.29. The van der Waals surface area contributed by atoms with Crippen LogP contribution in [0.5, 0.6) is 0 Å². The van der Waals surface area contributed by atoms with Crippen molar-refractivity contribution < 1.29 is 19.1 Å². The van der Waals surface area contributed by atoms with Gasteiger partial charge < -0.3 is 24.7 Å². The highest BCUT2D eigenvalue weighted by molar-refractivity contribution is 6.42. The fraction of sp³-hybridized carbons (Fsp3) is 0.368. The van der Waals surface area contributed by atoms with Crippen LogP contribution in [0.4, 0.5) is 9.59 Å². The molecule has 2 amide bonds. The molecule has 28 heavy (non-hydrogen) atoms. The zero-order valence-electron chi connectivity index (χ0n) is 16.2. The van der Waals surface area contributed by atoms with Gasteiger partial charge in [-0.05, 0) is 26.0 Å². The van der Waals surface area contributed by atoms with Gasteiger partial charge in [0.1, 0.15) is 13.2 Å². The zero-order valence-corrected chi connectivity index (χ0v) is 17.7. The van der Waals surface area contributed by atoms with Crippen molar-refractivity contribution in [2.45, 2.75) is 33.6 Å². The SMILES string of the molecule is CCn1c(C)c(COC(=O)NC)c(COC(=O)NC)c1-c1ccc(Cl)c(Cl)c1. The van der Waals surface area contributed by atoms with E-state index >= 15 is 0 Å². The Bertz CT molecular complexity index is 881. The number of ether oxygens (including phenoxy) is 2. The summed E-state index contributed by atoms with van der Waals surface area (Å²) in [4.78, 5) is 23.2. The van der Waals surface area contributed by atoms with Gasteiger partial charge in [0.15, 0.2) is 0 Å². The molecule has 0 saturated carbocycles. The van der Waals surface area contributed by atoms with Gasteiger partial charge in [0, 0.05) is 43.0 Å². The van der Waals surface area contributed by atoms with Gasteiger partial charge in [-0.15, -0.1) is 0 Å². The van der Waals surface area contributed by atoms with E-state index in [-0.39, 0.29) is 13.2 Å². The number of hydrogen-bond acceptors (Lipinski definition) is 4. The average molecular weight is 428 g/mol. The van der Waals surface area contributed by atoms with Crippen LogP contribution in [-0.4, -0.2) is 30.8 Å². The molecule has 0 aliphatic carbocycles. The molecule has 2 rings (SSSR count). The Balaban J connectivity index is 2.60. The summed E-state index contributed by atoms with van der Waals surface area (Å²) in [7, 11) is 2.98. The topological polar surface area (TPSA) is 81.6 Å². The Morgan fingerprint density at radius 3 is 2.07 bits per heavy atom. The van der Waals surface area contributed by atoms with Gasteiger partial charge in [0.05, 0.1) is 15.7 Å². The maximum atomic E-state index is 11.6. The molecular formula is C19H23Cl2N3O4. The Hall–Kier alpha value is -2.38. The molecule has 0 aliphatic rings. The van der Waals surface area contributed by atoms with Crippen LogP contribution in [0.25, 0.3) is 11.3 Å². The summed E-state index contributed by atoms with van der Waals surface area (Å²) in [5, 5.41) is 5.71. The zero-order chi connectivity index (χ0) is 20.8. The van der Waals surface area contributed by atoms with Crippen LogP contribution in [0.3, 0.4) is 0 Å². The summed E-state index contributed by atoms with van der Waals surface area (Å²) in [5.41, 5.74) is 4.07. The molecule has 7 nitrogen and oxygen atoms in total. The van der Waals surface area contributed by atoms with Crippen molar-refractivity contribution in [1.29, 1.82) is 0 Å². The molecule has 2 aromatic rings. The van der Waals surface area contributed by atoms with Crippen LogP contribution in [0.15, 0.2) is 18.2 Å². The lowest BCUT2D eigenvalue weighted by Gasteiger charge is -2.13. The van der Waals surface area contributed by atoms with E-state index in [0.29, 0.717) is 16.6 Å². The molecule has 152 valence electrons. The van der Waals surface area contributed by atoms with Gasteiger partial charge in [-0.1, -0.05) is 29.3 Å². The van der Waals surface area contributed by atoms with E-state index in [1.165, 1.54) is 14.1 Å². The lowest BCUT2D eigenvalue weighted by atomic mass is 10.0. The molecule has 2 N–H and O–H groups in total. The molecule has 0 atom stereocenters. The first-order valence-corrected chi connectivity index (χ1v) is 9.44. The van der Waals surface area contributed by atoms with E-state index in [0.717, 1.165) is 28.1 Å². The number of aromatic nitrogens is 1. The Labute approximate surface area is 173 Å². The van der Waals surface area contributed by atoms with Gasteiger partial charge in [0.2, 0.25) is 0 Å². The molecule has 9 heteroatoms. The third-order valence-corrected chi connectivity index (χ3v) is 5.11. The van der Waals surface area contributed by atoms with Crippen molar-refractivity contribution in [2.24, 2.45) is 0 Å². The van der Waals surface area contributed by atoms with Crippen LogP contribution in [0.2, 0.25) is 10.0 Å². The van der Waals surface area contributed by atoms with E-state index in [4.69, 9.17) is 32.7 Å². The number of carbonyl (C=O) groups excluding carboxylic acids is 2.